The Morgan fingerprint density at radius 2 is 1.80 bits per heavy atom. The molecule has 1 amide bonds. The van der Waals surface area contributed by atoms with E-state index in [0.29, 0.717) is 57.8 Å². The van der Waals surface area contributed by atoms with Crippen molar-refractivity contribution in [2.24, 2.45) is 39.1 Å². The van der Waals surface area contributed by atoms with E-state index in [1.165, 1.54) is 19.3 Å². The van der Waals surface area contributed by atoms with Crippen LogP contribution in [0.3, 0.4) is 0 Å². The average molecular weight is 757 g/mol. The predicted molar refractivity (Wildman–Crippen MR) is 190 cm³/mol. The van der Waals surface area contributed by atoms with Crippen LogP contribution in [0.5, 0.6) is 0 Å². The Labute approximate surface area is 312 Å². The van der Waals surface area contributed by atoms with Crippen LogP contribution in [0.4, 0.5) is 0 Å². The van der Waals surface area contributed by atoms with E-state index in [9.17, 15) is 39.0 Å². The van der Waals surface area contributed by atoms with Gasteiger partial charge >= 0.3 is 23.5 Å². The van der Waals surface area contributed by atoms with Crippen LogP contribution in [0.1, 0.15) is 109 Å². The van der Waals surface area contributed by atoms with Crippen molar-refractivity contribution in [3.05, 3.63) is 34.4 Å². The molecule has 1 saturated heterocycles. The molecule has 0 bridgehead atoms. The fraction of sp³-hybridized carbons (Fsp3) is 0.711. The lowest BCUT2D eigenvalue weighted by atomic mass is 9.42. The van der Waals surface area contributed by atoms with Gasteiger partial charge in [0.15, 0.2) is 5.96 Å². The fourth-order valence-electron chi connectivity index (χ4n) is 11.0. The number of aldehydes is 1. The number of fused-ring (bicyclic) bond motifs is 3. The maximum Gasteiger partial charge on any atom is 0.335 e. The van der Waals surface area contributed by atoms with Crippen molar-refractivity contribution >= 4 is 36.1 Å². The molecule has 1 aromatic heterocycles. The highest BCUT2D eigenvalue weighted by atomic mass is 16.7. The third-order valence-corrected chi connectivity index (χ3v) is 13.3. The number of epoxide rings is 1. The zero-order valence-electron chi connectivity index (χ0n) is 30.8. The quantitative estimate of drug-likeness (QED) is 0.0427. The van der Waals surface area contributed by atoms with Crippen molar-refractivity contribution in [1.29, 1.82) is 0 Å². The van der Waals surface area contributed by atoms with Gasteiger partial charge in [-0.05, 0) is 87.7 Å². The lowest BCUT2D eigenvalue weighted by molar-refractivity contribution is -0.223. The van der Waals surface area contributed by atoms with Crippen molar-refractivity contribution in [2.75, 3.05) is 6.54 Å². The van der Waals surface area contributed by atoms with Gasteiger partial charge in [-0.1, -0.05) is 6.92 Å². The number of aliphatic hydroxyl groups is 1. The van der Waals surface area contributed by atoms with Crippen LogP contribution in [-0.4, -0.2) is 88.4 Å². The highest BCUT2D eigenvalue weighted by Gasteiger charge is 2.85. The van der Waals surface area contributed by atoms with Gasteiger partial charge < -0.3 is 50.4 Å². The van der Waals surface area contributed by atoms with E-state index in [4.69, 9.17) is 30.1 Å². The first-order valence-corrected chi connectivity index (χ1v) is 19.0. The fourth-order valence-corrected chi connectivity index (χ4v) is 11.0. The Kier molecular flexibility index (Phi) is 11.0. The van der Waals surface area contributed by atoms with Gasteiger partial charge in [-0.15, -0.1) is 0 Å². The van der Waals surface area contributed by atoms with Gasteiger partial charge in [-0.3, -0.25) is 19.4 Å². The molecule has 0 radical (unpaired) electrons. The molecule has 5 aliphatic rings. The van der Waals surface area contributed by atoms with E-state index >= 15 is 0 Å². The van der Waals surface area contributed by atoms with Gasteiger partial charge in [-0.25, -0.2) is 9.59 Å². The van der Waals surface area contributed by atoms with E-state index in [-0.39, 0.29) is 55.9 Å². The summed E-state index contributed by atoms with van der Waals surface area (Å²) >= 11 is 0. The van der Waals surface area contributed by atoms with Crippen LogP contribution in [0, 0.1) is 22.7 Å². The number of aliphatic imine (C=N–C) groups is 1. The molecule has 5 fully saturated rings. The lowest BCUT2D eigenvalue weighted by Crippen LogP contribution is -2.67. The second-order valence-corrected chi connectivity index (χ2v) is 16.1. The molecular formula is C38H52N4O12. The predicted octanol–water partition coefficient (Wildman–Crippen LogP) is 1.83. The molecule has 7 N–H and O–H groups in total. The molecular weight excluding hydrogens is 704 g/mol. The number of nitrogens with two attached hydrogens (primary N) is 2. The Morgan fingerprint density at radius 1 is 1.06 bits per heavy atom. The average Bonchev–Trinajstić information content (AvgIpc) is 3.81. The zero-order chi connectivity index (χ0) is 39.1. The summed E-state index contributed by atoms with van der Waals surface area (Å²) in [7, 11) is 0. The molecule has 4 saturated carbocycles. The number of nitrogens with zero attached hydrogens (tertiary/aromatic N) is 1. The first-order chi connectivity index (χ1) is 25.6. The number of ether oxygens (including phenoxy) is 3. The Hall–Kier alpha value is -4.31. The summed E-state index contributed by atoms with van der Waals surface area (Å²) in [6.07, 6.45) is 5.04. The van der Waals surface area contributed by atoms with Gasteiger partial charge in [-0.2, -0.15) is 0 Å². The second kappa shape index (κ2) is 15.1. The monoisotopic (exact) mass is 756 g/mol. The molecule has 6 rings (SSSR count). The molecule has 296 valence electrons. The molecule has 0 aromatic carbocycles. The summed E-state index contributed by atoms with van der Waals surface area (Å²) in [5.74, 6) is -3.21. The number of carbonyl (C=O) groups is 5. The molecule has 1 aliphatic heterocycles. The van der Waals surface area contributed by atoms with Crippen molar-refractivity contribution < 1.29 is 52.8 Å². The summed E-state index contributed by atoms with van der Waals surface area (Å²) in [5.41, 5.74) is 7.15. The van der Waals surface area contributed by atoms with Gasteiger partial charge in [0.2, 0.25) is 5.91 Å². The second-order valence-electron chi connectivity index (χ2n) is 16.1. The van der Waals surface area contributed by atoms with Crippen LogP contribution in [0.2, 0.25) is 0 Å². The number of carbonyl (C=O) groups excluding carboxylic acids is 4. The summed E-state index contributed by atoms with van der Waals surface area (Å²) in [4.78, 5) is 78.0. The summed E-state index contributed by atoms with van der Waals surface area (Å²) < 4.78 is 23.6. The van der Waals surface area contributed by atoms with Gasteiger partial charge in [0.1, 0.15) is 36.2 Å². The molecule has 16 heteroatoms. The zero-order valence-corrected chi connectivity index (χ0v) is 30.8. The van der Waals surface area contributed by atoms with Gasteiger partial charge in [0.25, 0.3) is 0 Å². The molecule has 16 nitrogen and oxygen atoms in total. The van der Waals surface area contributed by atoms with Crippen molar-refractivity contribution in [1.82, 2.24) is 5.32 Å². The highest BCUT2D eigenvalue weighted by Crippen LogP contribution is 2.78. The summed E-state index contributed by atoms with van der Waals surface area (Å²) in [6.45, 7) is 3.73. The summed E-state index contributed by atoms with van der Waals surface area (Å²) in [5, 5.41) is 24.2. The Morgan fingerprint density at radius 3 is 2.46 bits per heavy atom. The number of esters is 2. The largest absolute Gasteiger partial charge is 0.480 e. The molecule has 1 spiro atoms. The first-order valence-electron chi connectivity index (χ1n) is 19.0. The van der Waals surface area contributed by atoms with E-state index in [2.05, 4.69) is 17.2 Å². The van der Waals surface area contributed by atoms with E-state index in [0.717, 1.165) is 11.8 Å². The molecule has 1 aromatic rings. The normalized spacial score (nSPS) is 36.5. The number of carboxylic acid groups (broad SMARTS) is 1. The third kappa shape index (κ3) is 6.91. The summed E-state index contributed by atoms with van der Waals surface area (Å²) in [6, 6.07) is 2.00. The molecule has 54 heavy (non-hydrogen) atoms. The highest BCUT2D eigenvalue weighted by molar-refractivity contribution is 5.83. The third-order valence-electron chi connectivity index (χ3n) is 13.3. The van der Waals surface area contributed by atoms with Crippen molar-refractivity contribution in [3.63, 3.8) is 0 Å². The minimum Gasteiger partial charge on any atom is -0.480 e. The number of hydrogen-bond donors (Lipinski definition) is 5. The number of amides is 1. The molecule has 5 unspecified atom stereocenters. The Bertz CT molecular complexity index is 1710. The smallest absolute Gasteiger partial charge is 0.335 e. The first kappa shape index (κ1) is 39.4. The van der Waals surface area contributed by atoms with E-state index in [1.54, 1.807) is 6.07 Å². The van der Waals surface area contributed by atoms with Crippen LogP contribution < -0.4 is 22.4 Å². The number of guanidine groups is 1. The lowest BCUT2D eigenvalue weighted by Gasteiger charge is -2.62. The molecule has 4 aliphatic carbocycles. The molecule has 11 atom stereocenters. The standard InChI is InChI=1S/C38H52N4O12/c1-21(44)52-31-30(22-9-10-28(46)51-19-22)35(2)14-12-24-25(38(35)32(31)54-38)13-16-37(50)18-23(11-15-36(24,37)20-43)53-29(47)8-4-3-7-27(45)42-26(33(48)49)6-5-17-41-34(39)40/h9-10,19-20,23-26,30-32,50H,3-8,11-18H2,1-2H3,(H,42,45)(H,48,49)(H4,39,40,41)/t23-,24?,25?,26?,30-,31+,32?,35+,36-,37-,38?/m0/s1. The maximum atomic E-state index is 13.2. The van der Waals surface area contributed by atoms with Crippen molar-refractivity contribution in [3.8, 4) is 0 Å². The van der Waals surface area contributed by atoms with E-state index < -0.39 is 75.8 Å². The number of hydrogen-bond acceptors (Lipinski definition) is 12. The van der Waals surface area contributed by atoms with E-state index in [1.807, 2.05) is 0 Å². The molecule has 2 heterocycles. The van der Waals surface area contributed by atoms with Crippen LogP contribution in [0.25, 0.3) is 0 Å². The number of nitrogens with one attached hydrogen (secondary N) is 1. The number of rotatable bonds is 15. The number of unbranched alkanes of at least 4 members (excludes halogenated alkanes) is 1. The van der Waals surface area contributed by atoms with Crippen LogP contribution in [0.15, 0.2) is 32.6 Å². The van der Waals surface area contributed by atoms with Crippen LogP contribution >= 0.6 is 0 Å². The minimum atomic E-state index is -1.40. The van der Waals surface area contributed by atoms with Crippen LogP contribution in [-0.2, 0) is 38.2 Å². The topological polar surface area (TPSA) is 263 Å². The Balaban J connectivity index is 1.05. The van der Waals surface area contributed by atoms with Crippen molar-refractivity contribution in [2.45, 2.75) is 139 Å². The van der Waals surface area contributed by atoms with Gasteiger partial charge in [0, 0.05) is 50.1 Å². The minimum absolute atomic E-state index is 0.0355. The SMILES string of the molecule is CC(=O)O[C@H]1C2OC23C2CC[C@]4(O)C[C@@H](OC(=O)CCCCC(=O)NC(CCCN=C(N)N)C(=O)O)CC[C@]4(C=O)C2CC[C@]3(C)[C@H]1c1ccc(=O)oc1. The van der Waals surface area contributed by atoms with Gasteiger partial charge in [0.05, 0.1) is 17.3 Å². The maximum absolute atomic E-state index is 13.2. The number of carboxylic acids is 1. The number of aliphatic carboxylic acids is 1.